The third-order valence-electron chi connectivity index (χ3n) is 6.28. The lowest BCUT2D eigenvalue weighted by Crippen LogP contribution is -2.41. The molecule has 1 unspecified atom stereocenters. The SMILES string of the molecule is CCNC(=NCc1cccc(OC)c1O)N1CC(CCN2CCCC2=O)c2ccccc21.I. The topological polar surface area (TPSA) is 77.4 Å². The number of phenolic OH excluding ortho intramolecular Hbond substituents is 1. The van der Waals surface area contributed by atoms with Crippen molar-refractivity contribution >= 4 is 41.5 Å². The summed E-state index contributed by atoms with van der Waals surface area (Å²) < 4.78 is 5.22. The zero-order valence-corrected chi connectivity index (χ0v) is 21.6. The second-order valence-electron chi connectivity index (χ2n) is 8.28. The van der Waals surface area contributed by atoms with Gasteiger partial charge in [-0.05, 0) is 37.5 Å². The largest absolute Gasteiger partial charge is 0.504 e. The second kappa shape index (κ2) is 11.6. The highest BCUT2D eigenvalue weighted by Crippen LogP contribution is 2.38. The van der Waals surface area contributed by atoms with Crippen LogP contribution in [0.5, 0.6) is 11.5 Å². The van der Waals surface area contributed by atoms with E-state index in [0.717, 1.165) is 56.2 Å². The van der Waals surface area contributed by atoms with Crippen LogP contribution in [0, 0.1) is 0 Å². The van der Waals surface area contributed by atoms with Crippen molar-refractivity contribution in [3.05, 3.63) is 53.6 Å². The lowest BCUT2D eigenvalue weighted by Gasteiger charge is -2.23. The van der Waals surface area contributed by atoms with Crippen LogP contribution in [0.2, 0.25) is 0 Å². The highest BCUT2D eigenvalue weighted by atomic mass is 127. The Balaban J connectivity index is 0.00000306. The number of anilines is 1. The third-order valence-corrected chi connectivity index (χ3v) is 6.28. The first-order valence-corrected chi connectivity index (χ1v) is 11.4. The second-order valence-corrected chi connectivity index (χ2v) is 8.28. The summed E-state index contributed by atoms with van der Waals surface area (Å²) in [7, 11) is 1.54. The number of nitrogens with zero attached hydrogens (tertiary/aromatic N) is 3. The number of carbonyl (C=O) groups excluding carboxylic acids is 1. The number of aliphatic imine (C=N–C) groups is 1. The molecule has 2 heterocycles. The Morgan fingerprint density at radius 2 is 2.06 bits per heavy atom. The molecule has 1 saturated heterocycles. The number of hydrogen-bond donors (Lipinski definition) is 2. The lowest BCUT2D eigenvalue weighted by molar-refractivity contribution is -0.127. The maximum absolute atomic E-state index is 12.0. The Labute approximate surface area is 212 Å². The number of aromatic hydroxyl groups is 1. The lowest BCUT2D eigenvalue weighted by atomic mass is 9.98. The molecule has 2 aromatic carbocycles. The molecule has 8 heteroatoms. The average molecular weight is 564 g/mol. The Hall–Kier alpha value is -2.49. The van der Waals surface area contributed by atoms with Crippen LogP contribution in [0.25, 0.3) is 0 Å². The van der Waals surface area contributed by atoms with Crippen molar-refractivity contribution in [1.29, 1.82) is 0 Å². The number of nitrogens with one attached hydrogen (secondary N) is 1. The molecule has 0 aromatic heterocycles. The fourth-order valence-electron chi connectivity index (χ4n) is 4.61. The molecule has 4 rings (SSSR count). The first-order valence-electron chi connectivity index (χ1n) is 11.4. The number of halogens is 1. The van der Waals surface area contributed by atoms with Crippen molar-refractivity contribution < 1.29 is 14.6 Å². The van der Waals surface area contributed by atoms with E-state index in [2.05, 4.69) is 41.4 Å². The zero-order chi connectivity index (χ0) is 22.5. The molecule has 2 N–H and O–H groups in total. The molecule has 0 aliphatic carbocycles. The molecule has 2 aromatic rings. The Morgan fingerprint density at radius 1 is 1.24 bits per heavy atom. The van der Waals surface area contributed by atoms with Gasteiger partial charge in [0, 0.05) is 49.8 Å². The van der Waals surface area contributed by atoms with Gasteiger partial charge in [0.05, 0.1) is 13.7 Å². The molecule has 0 saturated carbocycles. The number of likely N-dealkylation sites (tertiary alicyclic amines) is 1. The van der Waals surface area contributed by atoms with E-state index in [4.69, 9.17) is 9.73 Å². The van der Waals surface area contributed by atoms with E-state index >= 15 is 0 Å². The number of rotatable bonds is 7. The minimum atomic E-state index is 0. The first-order chi connectivity index (χ1) is 15.6. The third kappa shape index (κ3) is 5.54. The number of fused-ring (bicyclic) bond motifs is 1. The van der Waals surface area contributed by atoms with Crippen LogP contribution in [0.1, 0.15) is 43.2 Å². The van der Waals surface area contributed by atoms with E-state index < -0.39 is 0 Å². The van der Waals surface area contributed by atoms with Crippen molar-refractivity contribution in [3.63, 3.8) is 0 Å². The molecule has 1 amide bonds. The molecule has 178 valence electrons. The van der Waals surface area contributed by atoms with Crippen LogP contribution < -0.4 is 15.0 Å². The molecule has 0 radical (unpaired) electrons. The highest BCUT2D eigenvalue weighted by molar-refractivity contribution is 14.0. The van der Waals surface area contributed by atoms with Gasteiger partial charge in [0.25, 0.3) is 0 Å². The van der Waals surface area contributed by atoms with Crippen molar-refractivity contribution in [2.75, 3.05) is 38.2 Å². The molecule has 2 aliphatic rings. The molecule has 0 bridgehead atoms. The standard InChI is InChI=1S/C25H32N4O3.HI/c1-3-26-25(27-16-18-8-6-11-22(32-2)24(18)31)29-17-19(20-9-4-5-10-21(20)29)13-15-28-14-7-12-23(28)30;/h4-6,8-11,19,31H,3,7,12-17H2,1-2H3,(H,26,27);1H. The van der Waals surface area contributed by atoms with Crippen LogP contribution in [0.15, 0.2) is 47.5 Å². The summed E-state index contributed by atoms with van der Waals surface area (Å²) in [6.07, 6.45) is 2.59. The van der Waals surface area contributed by atoms with Gasteiger partial charge in [0.2, 0.25) is 5.91 Å². The maximum atomic E-state index is 12.0. The molecule has 1 fully saturated rings. The number of methoxy groups -OCH3 is 1. The zero-order valence-electron chi connectivity index (χ0n) is 19.3. The number of para-hydroxylation sites is 2. The minimum absolute atomic E-state index is 0. The van der Waals surface area contributed by atoms with Crippen molar-refractivity contribution in [2.45, 2.75) is 38.6 Å². The number of ether oxygens (including phenoxy) is 1. The Kier molecular flexibility index (Phi) is 8.82. The highest BCUT2D eigenvalue weighted by Gasteiger charge is 2.32. The summed E-state index contributed by atoms with van der Waals surface area (Å²) in [5.74, 6) is 1.99. The molecule has 0 spiro atoms. The molecule has 2 aliphatic heterocycles. The number of phenols is 1. The normalized spacial score (nSPS) is 17.7. The van der Waals surface area contributed by atoms with Crippen LogP contribution in [-0.4, -0.2) is 55.2 Å². The van der Waals surface area contributed by atoms with Gasteiger partial charge in [-0.15, -0.1) is 24.0 Å². The number of benzene rings is 2. The summed E-state index contributed by atoms with van der Waals surface area (Å²) in [6, 6.07) is 13.9. The van der Waals surface area contributed by atoms with Gasteiger partial charge in [-0.2, -0.15) is 0 Å². The van der Waals surface area contributed by atoms with Gasteiger partial charge in [0.1, 0.15) is 0 Å². The average Bonchev–Trinajstić information content (AvgIpc) is 3.39. The summed E-state index contributed by atoms with van der Waals surface area (Å²) in [5, 5.41) is 13.8. The number of amides is 1. The van der Waals surface area contributed by atoms with Crippen LogP contribution in [0.4, 0.5) is 5.69 Å². The smallest absolute Gasteiger partial charge is 0.222 e. The molecular weight excluding hydrogens is 531 g/mol. The predicted octanol–water partition coefficient (Wildman–Crippen LogP) is 4.10. The van der Waals surface area contributed by atoms with Gasteiger partial charge in [-0.25, -0.2) is 4.99 Å². The van der Waals surface area contributed by atoms with E-state index in [1.54, 1.807) is 13.2 Å². The van der Waals surface area contributed by atoms with Gasteiger partial charge in [-0.3, -0.25) is 4.79 Å². The van der Waals surface area contributed by atoms with Crippen molar-refractivity contribution in [1.82, 2.24) is 10.2 Å². The van der Waals surface area contributed by atoms with Crippen LogP contribution >= 0.6 is 24.0 Å². The van der Waals surface area contributed by atoms with E-state index in [-0.39, 0.29) is 35.6 Å². The maximum Gasteiger partial charge on any atom is 0.222 e. The van der Waals surface area contributed by atoms with Crippen LogP contribution in [0.3, 0.4) is 0 Å². The van der Waals surface area contributed by atoms with Crippen molar-refractivity contribution in [2.24, 2.45) is 4.99 Å². The van der Waals surface area contributed by atoms with E-state index in [9.17, 15) is 9.90 Å². The van der Waals surface area contributed by atoms with E-state index in [0.29, 0.717) is 24.6 Å². The summed E-state index contributed by atoms with van der Waals surface area (Å²) in [6.45, 7) is 5.64. The van der Waals surface area contributed by atoms with Crippen LogP contribution in [-0.2, 0) is 11.3 Å². The molecular formula is C25H33IN4O3. The fraction of sp³-hybridized carbons (Fsp3) is 0.440. The van der Waals surface area contributed by atoms with Crippen molar-refractivity contribution in [3.8, 4) is 11.5 Å². The molecule has 7 nitrogen and oxygen atoms in total. The van der Waals surface area contributed by atoms with E-state index in [1.807, 2.05) is 17.0 Å². The summed E-state index contributed by atoms with van der Waals surface area (Å²) in [4.78, 5) is 21.1. The Bertz CT molecular complexity index is 997. The Morgan fingerprint density at radius 3 is 2.79 bits per heavy atom. The quantitative estimate of drug-likeness (QED) is 0.301. The monoisotopic (exact) mass is 564 g/mol. The predicted molar refractivity (Wildman–Crippen MR) is 142 cm³/mol. The fourth-order valence-corrected chi connectivity index (χ4v) is 4.61. The number of carbonyl (C=O) groups is 1. The van der Waals surface area contributed by atoms with Gasteiger partial charge in [-0.1, -0.05) is 30.3 Å². The van der Waals surface area contributed by atoms with E-state index in [1.165, 1.54) is 5.56 Å². The summed E-state index contributed by atoms with van der Waals surface area (Å²) >= 11 is 0. The van der Waals surface area contributed by atoms with Gasteiger partial charge in [0.15, 0.2) is 17.5 Å². The minimum Gasteiger partial charge on any atom is -0.504 e. The molecule has 33 heavy (non-hydrogen) atoms. The van der Waals surface area contributed by atoms with Gasteiger partial charge < -0.3 is 25.0 Å². The first kappa shape index (κ1) is 25.1. The number of hydrogen-bond acceptors (Lipinski definition) is 4. The molecule has 1 atom stereocenters. The van der Waals surface area contributed by atoms with Gasteiger partial charge >= 0.3 is 0 Å². The number of guanidine groups is 1. The summed E-state index contributed by atoms with van der Waals surface area (Å²) in [5.41, 5.74) is 3.17.